The van der Waals surface area contributed by atoms with E-state index in [1.165, 1.54) is 16.7 Å². The molecule has 0 saturated carbocycles. The van der Waals surface area contributed by atoms with Crippen LogP contribution in [0.15, 0.2) is 58.4 Å². The van der Waals surface area contributed by atoms with Gasteiger partial charge in [0, 0.05) is 7.05 Å². The van der Waals surface area contributed by atoms with Crippen molar-refractivity contribution in [3.8, 4) is 5.75 Å². The molecule has 0 atom stereocenters. The number of thioether (sulfide) groups is 1. The number of carbonyl (C=O) groups excluding carboxylic acids is 2. The molecule has 1 saturated heterocycles. The van der Waals surface area contributed by atoms with Crippen LogP contribution in [0.25, 0.3) is 6.08 Å². The quantitative estimate of drug-likeness (QED) is 0.488. The van der Waals surface area contributed by atoms with Gasteiger partial charge in [0.05, 0.1) is 28.9 Å². The third-order valence-corrected chi connectivity index (χ3v) is 5.19. The van der Waals surface area contributed by atoms with Gasteiger partial charge in [0.15, 0.2) is 5.17 Å². The van der Waals surface area contributed by atoms with Crippen LogP contribution in [-0.2, 0) is 9.53 Å². The van der Waals surface area contributed by atoms with Crippen molar-refractivity contribution in [2.45, 2.75) is 26.9 Å². The molecule has 7 heteroatoms. The summed E-state index contributed by atoms with van der Waals surface area (Å²) < 4.78 is 10.7. The normalized spacial score (nSPS) is 16.6. The van der Waals surface area contributed by atoms with E-state index in [1.807, 2.05) is 44.2 Å². The van der Waals surface area contributed by atoms with Gasteiger partial charge in [-0.05, 0) is 80.6 Å². The van der Waals surface area contributed by atoms with E-state index in [9.17, 15) is 9.59 Å². The number of benzene rings is 2. The van der Waals surface area contributed by atoms with Gasteiger partial charge in [0.1, 0.15) is 5.75 Å². The van der Waals surface area contributed by atoms with E-state index in [4.69, 9.17) is 9.47 Å². The Morgan fingerprint density at radius 3 is 2.60 bits per heavy atom. The van der Waals surface area contributed by atoms with Crippen molar-refractivity contribution in [1.82, 2.24) is 4.90 Å². The van der Waals surface area contributed by atoms with Crippen molar-refractivity contribution in [3.63, 3.8) is 0 Å². The van der Waals surface area contributed by atoms with Crippen molar-refractivity contribution in [3.05, 3.63) is 64.6 Å². The number of hydrogen-bond acceptors (Lipinski definition) is 6. The van der Waals surface area contributed by atoms with E-state index in [2.05, 4.69) is 4.99 Å². The summed E-state index contributed by atoms with van der Waals surface area (Å²) in [7, 11) is 1.69. The molecule has 6 nitrogen and oxygen atoms in total. The van der Waals surface area contributed by atoms with Gasteiger partial charge >= 0.3 is 5.97 Å². The molecule has 1 heterocycles. The Hall–Kier alpha value is -3.06. The van der Waals surface area contributed by atoms with Crippen molar-refractivity contribution in [1.29, 1.82) is 0 Å². The highest BCUT2D eigenvalue weighted by molar-refractivity contribution is 8.18. The smallest absolute Gasteiger partial charge is 0.338 e. The van der Waals surface area contributed by atoms with Gasteiger partial charge in [-0.15, -0.1) is 0 Å². The number of rotatable bonds is 6. The molecule has 0 aromatic heterocycles. The zero-order chi connectivity index (χ0) is 21.7. The predicted molar refractivity (Wildman–Crippen MR) is 120 cm³/mol. The minimum Gasteiger partial charge on any atom is -0.491 e. The van der Waals surface area contributed by atoms with Crippen molar-refractivity contribution < 1.29 is 19.1 Å². The Labute approximate surface area is 180 Å². The summed E-state index contributed by atoms with van der Waals surface area (Å²) in [6.45, 7) is 6.03. The summed E-state index contributed by atoms with van der Waals surface area (Å²) >= 11 is 1.31. The topological polar surface area (TPSA) is 68.2 Å². The maximum Gasteiger partial charge on any atom is 0.338 e. The van der Waals surface area contributed by atoms with Gasteiger partial charge in [0.2, 0.25) is 0 Å². The van der Waals surface area contributed by atoms with E-state index in [0.29, 0.717) is 27.9 Å². The van der Waals surface area contributed by atoms with Crippen molar-refractivity contribution in [2.24, 2.45) is 4.99 Å². The molecule has 0 unspecified atom stereocenters. The highest BCUT2D eigenvalue weighted by Crippen LogP contribution is 2.33. The van der Waals surface area contributed by atoms with Crippen LogP contribution in [0.3, 0.4) is 0 Å². The molecule has 0 bridgehead atoms. The molecule has 1 aliphatic heterocycles. The van der Waals surface area contributed by atoms with Crippen LogP contribution in [0.5, 0.6) is 5.75 Å². The Balaban J connectivity index is 1.79. The van der Waals surface area contributed by atoms with Crippen molar-refractivity contribution in [2.75, 3.05) is 13.7 Å². The molecule has 156 valence electrons. The highest BCUT2D eigenvalue weighted by atomic mass is 32.2. The lowest BCUT2D eigenvalue weighted by Crippen LogP contribution is -2.23. The average Bonchev–Trinajstić information content (AvgIpc) is 2.96. The molecule has 0 aliphatic carbocycles. The summed E-state index contributed by atoms with van der Waals surface area (Å²) in [5, 5.41) is 0.574. The van der Waals surface area contributed by atoms with Gasteiger partial charge in [-0.3, -0.25) is 9.69 Å². The molecule has 3 rings (SSSR count). The maximum atomic E-state index is 12.7. The Morgan fingerprint density at radius 2 is 1.93 bits per heavy atom. The maximum absolute atomic E-state index is 12.7. The van der Waals surface area contributed by atoms with E-state index >= 15 is 0 Å². The first-order valence-corrected chi connectivity index (χ1v) is 10.5. The molecular formula is C23H24N2O4S. The SMILES string of the molecule is CCOC(=O)c1ccc(N=C2S/C(=C/c3cccc(OC(C)C)c3)C(=O)N2C)cc1. The lowest BCUT2D eigenvalue weighted by molar-refractivity contribution is -0.121. The number of aliphatic imine (C=N–C) groups is 1. The molecule has 0 spiro atoms. The Morgan fingerprint density at radius 1 is 1.20 bits per heavy atom. The molecule has 0 N–H and O–H groups in total. The summed E-state index contributed by atoms with van der Waals surface area (Å²) in [5.41, 5.74) is 2.00. The van der Waals surface area contributed by atoms with Crippen LogP contribution < -0.4 is 4.74 Å². The first-order chi connectivity index (χ1) is 14.4. The zero-order valence-corrected chi connectivity index (χ0v) is 18.2. The molecule has 2 aromatic carbocycles. The van der Waals surface area contributed by atoms with E-state index in [1.54, 1.807) is 38.2 Å². The lowest BCUT2D eigenvalue weighted by Gasteiger charge is -2.09. The number of carbonyl (C=O) groups is 2. The second-order valence-corrected chi connectivity index (χ2v) is 7.88. The molecule has 1 amide bonds. The third-order valence-electron chi connectivity index (χ3n) is 4.13. The van der Waals surface area contributed by atoms with E-state index < -0.39 is 0 Å². The number of amidine groups is 1. The van der Waals surface area contributed by atoms with Gasteiger partial charge in [-0.25, -0.2) is 9.79 Å². The average molecular weight is 425 g/mol. The van der Waals surface area contributed by atoms with E-state index in [-0.39, 0.29) is 18.0 Å². The monoisotopic (exact) mass is 424 g/mol. The number of ether oxygens (including phenoxy) is 2. The first-order valence-electron chi connectivity index (χ1n) is 9.67. The number of likely N-dealkylation sites (N-methyl/N-ethyl adjacent to an activating group) is 1. The number of hydrogen-bond donors (Lipinski definition) is 0. The van der Waals surface area contributed by atoms with Crippen LogP contribution >= 0.6 is 11.8 Å². The fraction of sp³-hybridized carbons (Fsp3) is 0.261. The Kier molecular flexibility index (Phi) is 6.95. The second kappa shape index (κ2) is 9.63. The molecular weight excluding hydrogens is 400 g/mol. The molecule has 0 radical (unpaired) electrons. The zero-order valence-electron chi connectivity index (χ0n) is 17.4. The Bertz CT molecular complexity index is 997. The number of esters is 1. The minimum absolute atomic E-state index is 0.0791. The van der Waals surface area contributed by atoms with Crippen LogP contribution in [0.4, 0.5) is 5.69 Å². The predicted octanol–water partition coefficient (Wildman–Crippen LogP) is 4.88. The number of nitrogens with zero attached hydrogens (tertiary/aromatic N) is 2. The molecule has 2 aromatic rings. The third kappa shape index (κ3) is 5.30. The van der Waals surface area contributed by atoms with Crippen LogP contribution in [0.1, 0.15) is 36.7 Å². The van der Waals surface area contributed by atoms with Crippen LogP contribution in [0.2, 0.25) is 0 Å². The largest absolute Gasteiger partial charge is 0.491 e. The lowest BCUT2D eigenvalue weighted by atomic mass is 10.2. The first kappa shape index (κ1) is 21.6. The standard InChI is InChI=1S/C23H24N2O4S/c1-5-28-22(27)17-9-11-18(12-10-17)24-23-25(4)21(26)20(30-23)14-16-7-6-8-19(13-16)29-15(2)3/h6-15H,5H2,1-4H3/b20-14+,24-23?. The van der Waals surface area contributed by atoms with Crippen molar-refractivity contribution >= 4 is 40.6 Å². The van der Waals surface area contributed by atoms with Gasteiger partial charge in [0.25, 0.3) is 5.91 Å². The fourth-order valence-electron chi connectivity index (χ4n) is 2.75. The highest BCUT2D eigenvalue weighted by Gasteiger charge is 2.30. The number of amides is 1. The van der Waals surface area contributed by atoms with Gasteiger partial charge in [-0.2, -0.15) is 0 Å². The van der Waals surface area contributed by atoms with Crippen LogP contribution in [-0.4, -0.2) is 41.7 Å². The van der Waals surface area contributed by atoms with Gasteiger partial charge in [-0.1, -0.05) is 12.1 Å². The summed E-state index contributed by atoms with van der Waals surface area (Å²) in [5.74, 6) is 0.281. The second-order valence-electron chi connectivity index (χ2n) is 6.88. The summed E-state index contributed by atoms with van der Waals surface area (Å²) in [6.07, 6.45) is 1.92. The van der Waals surface area contributed by atoms with E-state index in [0.717, 1.165) is 11.3 Å². The van der Waals surface area contributed by atoms with Crippen LogP contribution in [0, 0.1) is 0 Å². The van der Waals surface area contributed by atoms with Gasteiger partial charge < -0.3 is 9.47 Å². The fourth-order valence-corrected chi connectivity index (χ4v) is 3.74. The molecule has 1 aliphatic rings. The molecule has 1 fully saturated rings. The summed E-state index contributed by atoms with van der Waals surface area (Å²) in [4.78, 5) is 31.1. The summed E-state index contributed by atoms with van der Waals surface area (Å²) in [6, 6.07) is 14.4. The molecule has 30 heavy (non-hydrogen) atoms. The minimum atomic E-state index is -0.367.